The number of anilines is 2. The number of hydrogen-bond donors (Lipinski definition) is 3. The van der Waals surface area contributed by atoms with Gasteiger partial charge in [0.25, 0.3) is 11.8 Å². The molecule has 0 unspecified atom stereocenters. The maximum absolute atomic E-state index is 14.1. The number of aromatic nitrogens is 1. The molecule has 36 heavy (non-hydrogen) atoms. The molecular weight excluding hydrogens is 474 g/mol. The van der Waals surface area contributed by atoms with E-state index in [9.17, 15) is 14.4 Å². The topological polar surface area (TPSA) is 131 Å². The number of benzene rings is 2. The van der Waals surface area contributed by atoms with Crippen LogP contribution in [0.25, 0.3) is 0 Å². The van der Waals surface area contributed by atoms with Gasteiger partial charge in [-0.3, -0.25) is 19.3 Å². The Labute approximate surface area is 215 Å². The maximum atomic E-state index is 14.1. The summed E-state index contributed by atoms with van der Waals surface area (Å²) in [4.78, 5) is 41.0. The molecule has 0 saturated carbocycles. The molecular formula is C27H33N5O3S. The van der Waals surface area contributed by atoms with Crippen LogP contribution in [-0.2, 0) is 4.79 Å². The van der Waals surface area contributed by atoms with E-state index in [0.29, 0.717) is 11.3 Å². The highest BCUT2D eigenvalue weighted by Crippen LogP contribution is 2.34. The summed E-state index contributed by atoms with van der Waals surface area (Å²) in [6, 6.07) is 13.9. The zero-order valence-corrected chi connectivity index (χ0v) is 22.3. The van der Waals surface area contributed by atoms with E-state index < -0.39 is 23.4 Å². The summed E-state index contributed by atoms with van der Waals surface area (Å²) in [5, 5.41) is 3.01. The Bertz CT molecular complexity index is 1260. The summed E-state index contributed by atoms with van der Waals surface area (Å²) in [6.07, 6.45) is 0. The monoisotopic (exact) mass is 507 g/mol. The lowest BCUT2D eigenvalue weighted by molar-refractivity contribution is -0.123. The molecule has 0 aliphatic rings. The fourth-order valence-corrected chi connectivity index (χ4v) is 4.49. The number of nitrogen functional groups attached to an aromatic ring is 1. The quantitative estimate of drug-likeness (QED) is 0.431. The first-order chi connectivity index (χ1) is 16.8. The molecule has 0 spiro atoms. The van der Waals surface area contributed by atoms with Crippen molar-refractivity contribution in [3.63, 3.8) is 0 Å². The Morgan fingerprint density at radius 3 is 2.00 bits per heavy atom. The summed E-state index contributed by atoms with van der Waals surface area (Å²) in [5.74, 6) is -1.44. The molecule has 1 aromatic heterocycles. The molecule has 2 aromatic carbocycles. The number of primary amides is 1. The van der Waals surface area contributed by atoms with E-state index in [-0.39, 0.29) is 28.1 Å². The normalized spacial score (nSPS) is 12.3. The van der Waals surface area contributed by atoms with Crippen LogP contribution in [0, 0.1) is 6.92 Å². The molecule has 9 heteroatoms. The van der Waals surface area contributed by atoms with E-state index in [0.717, 1.165) is 22.7 Å². The molecule has 3 aromatic rings. The molecule has 190 valence electrons. The highest BCUT2D eigenvalue weighted by molar-refractivity contribution is 7.09. The predicted octanol–water partition coefficient (Wildman–Crippen LogP) is 4.56. The van der Waals surface area contributed by atoms with Crippen LogP contribution in [0.1, 0.15) is 83.4 Å². The second-order valence-corrected chi connectivity index (χ2v) is 10.9. The number of nitrogens with zero attached hydrogens (tertiary/aromatic N) is 2. The third kappa shape index (κ3) is 5.91. The van der Waals surface area contributed by atoms with Gasteiger partial charge in [-0.05, 0) is 68.4 Å². The van der Waals surface area contributed by atoms with Crippen molar-refractivity contribution in [1.82, 2.24) is 9.69 Å². The summed E-state index contributed by atoms with van der Waals surface area (Å²) in [6.45, 7) is 11.7. The molecule has 0 fully saturated rings. The molecule has 0 saturated heterocycles. The maximum Gasteiger partial charge on any atom is 0.273 e. The number of aryl methyl sites for hydroxylation is 1. The highest BCUT2D eigenvalue weighted by Gasteiger charge is 2.37. The van der Waals surface area contributed by atoms with E-state index in [1.807, 2.05) is 76.2 Å². The van der Waals surface area contributed by atoms with Crippen LogP contribution < -0.4 is 21.7 Å². The molecule has 8 nitrogen and oxygen atoms in total. The number of carbonyl (C=O) groups excluding carboxylic acids is 3. The lowest BCUT2D eigenvalue weighted by Crippen LogP contribution is -2.49. The highest BCUT2D eigenvalue weighted by atomic mass is 32.1. The number of rotatable bonds is 7. The van der Waals surface area contributed by atoms with Crippen molar-refractivity contribution in [2.24, 2.45) is 5.73 Å². The van der Waals surface area contributed by atoms with E-state index in [1.165, 1.54) is 4.90 Å². The minimum absolute atomic E-state index is 0.0393. The van der Waals surface area contributed by atoms with Gasteiger partial charge in [-0.1, -0.05) is 55.8 Å². The third-order valence-corrected chi connectivity index (χ3v) is 6.46. The van der Waals surface area contributed by atoms with Crippen molar-refractivity contribution < 1.29 is 14.4 Å². The Morgan fingerprint density at radius 2 is 1.53 bits per heavy atom. The van der Waals surface area contributed by atoms with Gasteiger partial charge in [-0.25, -0.2) is 0 Å². The van der Waals surface area contributed by atoms with Gasteiger partial charge < -0.3 is 16.8 Å². The molecule has 0 aliphatic heterocycles. The largest absolute Gasteiger partial charge is 0.395 e. The van der Waals surface area contributed by atoms with Gasteiger partial charge in [0, 0.05) is 11.2 Å². The SMILES string of the molecule is Cc1ccc([C@@H](C(=O)NC(C)(C)C)N(C(=O)c2snc(C(N)=O)c2N)c2ccc(C(C)C)cc2)cc1. The second kappa shape index (κ2) is 10.5. The van der Waals surface area contributed by atoms with Crippen molar-refractivity contribution in [3.8, 4) is 0 Å². The van der Waals surface area contributed by atoms with Crippen LogP contribution in [0.2, 0.25) is 0 Å². The zero-order valence-electron chi connectivity index (χ0n) is 21.5. The molecule has 3 rings (SSSR count). The first kappa shape index (κ1) is 26.9. The fraction of sp³-hybridized carbons (Fsp3) is 0.333. The van der Waals surface area contributed by atoms with Gasteiger partial charge in [-0.2, -0.15) is 4.37 Å². The van der Waals surface area contributed by atoms with Crippen molar-refractivity contribution in [3.05, 3.63) is 75.8 Å². The van der Waals surface area contributed by atoms with E-state index >= 15 is 0 Å². The Morgan fingerprint density at radius 1 is 0.972 bits per heavy atom. The summed E-state index contributed by atoms with van der Waals surface area (Å²) in [7, 11) is 0. The Hall–Kier alpha value is -3.72. The molecule has 5 N–H and O–H groups in total. The van der Waals surface area contributed by atoms with Gasteiger partial charge in [0.15, 0.2) is 5.69 Å². The van der Waals surface area contributed by atoms with Crippen molar-refractivity contribution in [1.29, 1.82) is 0 Å². The molecule has 1 heterocycles. The molecule has 3 amide bonds. The first-order valence-corrected chi connectivity index (χ1v) is 12.4. The third-order valence-electron chi connectivity index (χ3n) is 5.61. The van der Waals surface area contributed by atoms with Crippen molar-refractivity contribution in [2.75, 3.05) is 10.6 Å². The molecule has 0 radical (unpaired) electrons. The number of nitrogens with two attached hydrogens (primary N) is 2. The molecule has 0 aliphatic carbocycles. The Kier molecular flexibility index (Phi) is 7.83. The standard InChI is InChI=1S/C27H33N5O3S/c1-15(2)17-11-13-19(14-12-17)32(26(35)23-20(28)21(24(29)33)31-36-23)22(25(34)30-27(4,5)6)18-9-7-16(3)8-10-18/h7-15,22H,28H2,1-6H3,(H2,29,33)(H,30,34)/t22-/m0/s1. The van der Waals surface area contributed by atoms with Gasteiger partial charge in [0.2, 0.25) is 5.91 Å². The molecule has 1 atom stereocenters. The number of amides is 3. The predicted molar refractivity (Wildman–Crippen MR) is 144 cm³/mol. The van der Waals surface area contributed by atoms with Crippen LogP contribution in [0.15, 0.2) is 48.5 Å². The van der Waals surface area contributed by atoms with Gasteiger partial charge in [0.05, 0.1) is 5.69 Å². The smallest absolute Gasteiger partial charge is 0.273 e. The van der Waals surface area contributed by atoms with Crippen LogP contribution >= 0.6 is 11.5 Å². The van der Waals surface area contributed by atoms with Gasteiger partial charge >= 0.3 is 0 Å². The number of hydrogen-bond acceptors (Lipinski definition) is 6. The van der Waals surface area contributed by atoms with Crippen LogP contribution in [-0.4, -0.2) is 27.6 Å². The van der Waals surface area contributed by atoms with E-state index in [1.54, 1.807) is 0 Å². The van der Waals surface area contributed by atoms with Crippen molar-refractivity contribution in [2.45, 2.75) is 59.0 Å². The summed E-state index contributed by atoms with van der Waals surface area (Å²) < 4.78 is 3.99. The fourth-order valence-electron chi connectivity index (χ4n) is 3.75. The average molecular weight is 508 g/mol. The number of carbonyl (C=O) groups is 3. The minimum Gasteiger partial charge on any atom is -0.395 e. The van der Waals surface area contributed by atoms with Crippen LogP contribution in [0.5, 0.6) is 0 Å². The summed E-state index contributed by atoms with van der Waals surface area (Å²) >= 11 is 0.785. The zero-order chi connectivity index (χ0) is 26.8. The Balaban J connectivity index is 2.23. The van der Waals surface area contributed by atoms with Gasteiger partial charge in [0.1, 0.15) is 10.9 Å². The average Bonchev–Trinajstić information content (AvgIpc) is 3.18. The van der Waals surface area contributed by atoms with Gasteiger partial charge in [-0.15, -0.1) is 0 Å². The minimum atomic E-state index is -1.01. The van der Waals surface area contributed by atoms with E-state index in [2.05, 4.69) is 23.5 Å². The van der Waals surface area contributed by atoms with Crippen molar-refractivity contribution >= 4 is 40.6 Å². The number of nitrogens with one attached hydrogen (secondary N) is 1. The van der Waals surface area contributed by atoms with Crippen LogP contribution in [0.4, 0.5) is 11.4 Å². The lowest BCUT2D eigenvalue weighted by atomic mass is 9.98. The first-order valence-electron chi connectivity index (χ1n) is 11.7. The van der Waals surface area contributed by atoms with Crippen LogP contribution in [0.3, 0.4) is 0 Å². The summed E-state index contributed by atoms with van der Waals surface area (Å²) in [5.41, 5.74) is 13.9. The lowest BCUT2D eigenvalue weighted by Gasteiger charge is -2.33. The van der Waals surface area contributed by atoms with E-state index in [4.69, 9.17) is 11.5 Å². The second-order valence-electron chi connectivity index (χ2n) is 10.1. The molecule has 0 bridgehead atoms.